The molecule has 0 amide bonds. The highest BCUT2D eigenvalue weighted by molar-refractivity contribution is 6.01. The van der Waals surface area contributed by atoms with E-state index in [-0.39, 0.29) is 24.0 Å². The van der Waals surface area contributed by atoms with Gasteiger partial charge in [0.15, 0.2) is 5.78 Å². The zero-order valence-electron chi connectivity index (χ0n) is 15.7. The molecule has 3 rings (SSSR count). The summed E-state index contributed by atoms with van der Waals surface area (Å²) in [5, 5.41) is 0.982. The Balaban J connectivity index is 1.88. The van der Waals surface area contributed by atoms with Gasteiger partial charge in [0.2, 0.25) is 0 Å². The number of hydrogen-bond donors (Lipinski definition) is 1. The number of para-hydroxylation sites is 1. The second kappa shape index (κ2) is 6.88. The van der Waals surface area contributed by atoms with Gasteiger partial charge in [0.25, 0.3) is 5.56 Å². The Morgan fingerprint density at radius 1 is 1.22 bits per heavy atom. The van der Waals surface area contributed by atoms with Crippen LogP contribution in [0.2, 0.25) is 0 Å². The van der Waals surface area contributed by atoms with Crippen LogP contribution in [0.25, 0.3) is 11.0 Å². The maximum Gasteiger partial charge on any atom is 0.332 e. The van der Waals surface area contributed by atoms with E-state index in [2.05, 4.69) is 0 Å². The number of ketones is 1. The van der Waals surface area contributed by atoms with Crippen LogP contribution in [-0.2, 0) is 14.1 Å². The first-order valence-electron chi connectivity index (χ1n) is 8.49. The zero-order valence-corrected chi connectivity index (χ0v) is 15.7. The summed E-state index contributed by atoms with van der Waals surface area (Å²) in [6, 6.07) is 9.39. The fourth-order valence-corrected chi connectivity index (χ4v) is 2.99. The minimum atomic E-state index is -0.689. The highest BCUT2D eigenvalue weighted by atomic mass is 16.3. The normalized spacial score (nSPS) is 12.6. The van der Waals surface area contributed by atoms with Gasteiger partial charge in [0, 0.05) is 19.5 Å². The molecule has 2 aromatic heterocycles. The summed E-state index contributed by atoms with van der Waals surface area (Å²) in [5.74, 6) is 0.139. The monoisotopic (exact) mass is 370 g/mol. The molecule has 142 valence electrons. The fourth-order valence-electron chi connectivity index (χ4n) is 2.99. The Hall–Kier alpha value is -3.13. The molecule has 0 aliphatic heterocycles. The number of benzene rings is 1. The summed E-state index contributed by atoms with van der Waals surface area (Å²) < 4.78 is 7.83. The lowest BCUT2D eigenvalue weighted by Gasteiger charge is -2.22. The SMILES string of the molecule is C[C@H](c1cc2ccccc2o1)N(C)CC(=O)c1c(N)n(C)c(=O)n(C)c1=O. The molecule has 8 nitrogen and oxygen atoms in total. The summed E-state index contributed by atoms with van der Waals surface area (Å²) in [5.41, 5.74) is 5.19. The van der Waals surface area contributed by atoms with E-state index in [1.807, 2.05) is 37.3 Å². The number of nitrogens with two attached hydrogens (primary N) is 1. The van der Waals surface area contributed by atoms with Crippen molar-refractivity contribution in [2.24, 2.45) is 14.1 Å². The highest BCUT2D eigenvalue weighted by Gasteiger charge is 2.24. The van der Waals surface area contributed by atoms with Crippen molar-refractivity contribution in [3.05, 3.63) is 62.5 Å². The number of likely N-dealkylation sites (N-methyl/N-ethyl adjacent to an activating group) is 1. The number of Topliss-reactive ketones (excluding diaryl/α,β-unsaturated/α-hetero) is 1. The quantitative estimate of drug-likeness (QED) is 0.679. The minimum absolute atomic E-state index is 0.0458. The fraction of sp³-hybridized carbons (Fsp3) is 0.316. The summed E-state index contributed by atoms with van der Waals surface area (Å²) >= 11 is 0. The van der Waals surface area contributed by atoms with Crippen molar-refractivity contribution >= 4 is 22.6 Å². The average Bonchev–Trinajstić information content (AvgIpc) is 3.08. The second-order valence-corrected chi connectivity index (χ2v) is 6.67. The van der Waals surface area contributed by atoms with Gasteiger partial charge in [-0.05, 0) is 26.1 Å². The van der Waals surface area contributed by atoms with Crippen molar-refractivity contribution in [3.8, 4) is 0 Å². The van der Waals surface area contributed by atoms with Crippen molar-refractivity contribution in [2.45, 2.75) is 13.0 Å². The van der Waals surface area contributed by atoms with E-state index < -0.39 is 17.0 Å². The zero-order chi connectivity index (χ0) is 19.9. The summed E-state index contributed by atoms with van der Waals surface area (Å²) in [6.45, 7) is 1.86. The molecule has 0 saturated carbocycles. The van der Waals surface area contributed by atoms with Gasteiger partial charge >= 0.3 is 5.69 Å². The predicted octanol–water partition coefficient (Wildman–Crippen LogP) is 1.29. The van der Waals surface area contributed by atoms with E-state index >= 15 is 0 Å². The van der Waals surface area contributed by atoms with E-state index in [1.54, 1.807) is 11.9 Å². The largest absolute Gasteiger partial charge is 0.459 e. The molecule has 0 radical (unpaired) electrons. The molecule has 0 aliphatic rings. The van der Waals surface area contributed by atoms with Crippen molar-refractivity contribution in [3.63, 3.8) is 0 Å². The van der Waals surface area contributed by atoms with E-state index in [0.29, 0.717) is 5.76 Å². The number of aromatic nitrogens is 2. The van der Waals surface area contributed by atoms with Gasteiger partial charge in [-0.25, -0.2) is 4.79 Å². The molecule has 27 heavy (non-hydrogen) atoms. The standard InChI is InChI=1S/C19H22N4O4/c1-11(15-9-12-7-5-6-8-14(12)27-15)21(2)10-13(24)16-17(20)22(3)19(26)23(4)18(16)25/h5-9,11H,10,20H2,1-4H3/t11-/m1/s1. The van der Waals surface area contributed by atoms with Gasteiger partial charge in [-0.2, -0.15) is 0 Å². The van der Waals surface area contributed by atoms with E-state index in [1.165, 1.54) is 14.1 Å². The molecular weight excluding hydrogens is 348 g/mol. The number of carbonyl (C=O) groups is 1. The molecule has 0 unspecified atom stereocenters. The smallest absolute Gasteiger partial charge is 0.332 e. The number of nitrogens with zero attached hydrogens (tertiary/aromatic N) is 3. The first kappa shape index (κ1) is 18.7. The number of fused-ring (bicyclic) bond motifs is 1. The number of hydrogen-bond acceptors (Lipinski definition) is 6. The number of rotatable bonds is 5. The molecule has 0 aliphatic carbocycles. The first-order valence-corrected chi connectivity index (χ1v) is 8.49. The Bertz CT molecular complexity index is 1110. The first-order chi connectivity index (χ1) is 12.7. The average molecular weight is 370 g/mol. The van der Waals surface area contributed by atoms with E-state index in [9.17, 15) is 14.4 Å². The van der Waals surface area contributed by atoms with Crippen LogP contribution in [0, 0.1) is 0 Å². The van der Waals surface area contributed by atoms with Crippen LogP contribution in [0.1, 0.15) is 29.1 Å². The third-order valence-corrected chi connectivity index (χ3v) is 4.90. The van der Waals surface area contributed by atoms with Crippen LogP contribution in [-0.4, -0.2) is 33.4 Å². The number of furan rings is 1. The molecule has 3 aromatic rings. The second-order valence-electron chi connectivity index (χ2n) is 6.67. The van der Waals surface area contributed by atoms with Crippen molar-refractivity contribution in [1.29, 1.82) is 0 Å². The Morgan fingerprint density at radius 2 is 1.89 bits per heavy atom. The molecular formula is C19H22N4O4. The maximum absolute atomic E-state index is 12.7. The Kier molecular flexibility index (Phi) is 4.75. The number of nitrogen functional groups attached to an aromatic ring is 1. The third kappa shape index (κ3) is 3.19. The molecule has 8 heteroatoms. The minimum Gasteiger partial charge on any atom is -0.459 e. The van der Waals surface area contributed by atoms with Crippen LogP contribution in [0.4, 0.5) is 5.82 Å². The van der Waals surface area contributed by atoms with E-state index in [0.717, 1.165) is 20.1 Å². The van der Waals surface area contributed by atoms with Gasteiger partial charge in [0.1, 0.15) is 22.7 Å². The van der Waals surface area contributed by atoms with Gasteiger partial charge in [0.05, 0.1) is 12.6 Å². The van der Waals surface area contributed by atoms with Crippen molar-refractivity contribution in [1.82, 2.24) is 14.0 Å². The van der Waals surface area contributed by atoms with Crippen LogP contribution in [0.5, 0.6) is 0 Å². The molecule has 1 aromatic carbocycles. The molecule has 0 fully saturated rings. The van der Waals surface area contributed by atoms with Crippen LogP contribution < -0.4 is 17.0 Å². The van der Waals surface area contributed by atoms with Gasteiger partial charge in [-0.15, -0.1) is 0 Å². The summed E-state index contributed by atoms with van der Waals surface area (Å²) in [6.07, 6.45) is 0. The van der Waals surface area contributed by atoms with Gasteiger partial charge in [-0.3, -0.25) is 23.6 Å². The highest BCUT2D eigenvalue weighted by Crippen LogP contribution is 2.26. The molecule has 1 atom stereocenters. The number of carbonyl (C=O) groups excluding carboxylic acids is 1. The van der Waals surface area contributed by atoms with E-state index in [4.69, 9.17) is 10.2 Å². The summed E-state index contributed by atoms with van der Waals surface area (Å²) in [4.78, 5) is 38.8. The molecule has 0 saturated heterocycles. The summed E-state index contributed by atoms with van der Waals surface area (Å²) in [7, 11) is 4.51. The van der Waals surface area contributed by atoms with Gasteiger partial charge < -0.3 is 10.2 Å². The molecule has 2 heterocycles. The topological polar surface area (TPSA) is 103 Å². The molecule has 0 bridgehead atoms. The predicted molar refractivity (Wildman–Crippen MR) is 103 cm³/mol. The maximum atomic E-state index is 12.7. The van der Waals surface area contributed by atoms with Crippen LogP contribution in [0.3, 0.4) is 0 Å². The Labute approximate surface area is 155 Å². The third-order valence-electron chi connectivity index (χ3n) is 4.90. The Morgan fingerprint density at radius 3 is 2.56 bits per heavy atom. The van der Waals surface area contributed by atoms with Crippen molar-refractivity contribution in [2.75, 3.05) is 19.3 Å². The van der Waals surface area contributed by atoms with Crippen molar-refractivity contribution < 1.29 is 9.21 Å². The number of anilines is 1. The van der Waals surface area contributed by atoms with Crippen LogP contribution in [0.15, 0.2) is 44.3 Å². The lowest BCUT2D eigenvalue weighted by molar-refractivity contribution is 0.0916. The van der Waals surface area contributed by atoms with Crippen LogP contribution >= 0.6 is 0 Å². The molecule has 2 N–H and O–H groups in total. The lowest BCUT2D eigenvalue weighted by atomic mass is 10.1. The molecule has 0 spiro atoms. The van der Waals surface area contributed by atoms with Gasteiger partial charge in [-0.1, -0.05) is 18.2 Å². The lowest BCUT2D eigenvalue weighted by Crippen LogP contribution is -2.43.